The molecule has 0 aliphatic heterocycles. The summed E-state index contributed by atoms with van der Waals surface area (Å²) in [6.45, 7) is 8.32. The maximum absolute atomic E-state index is 14.4. The number of rotatable bonds is 7. The van der Waals surface area contributed by atoms with Crippen molar-refractivity contribution in [1.29, 1.82) is 0 Å². The van der Waals surface area contributed by atoms with Gasteiger partial charge in [-0.05, 0) is 51.0 Å². The molecule has 0 unspecified atom stereocenters. The van der Waals surface area contributed by atoms with E-state index in [1.54, 1.807) is 6.20 Å². The number of aliphatic hydroxyl groups is 1. The molecular formula is C20H25FN6O. The Kier molecular flexibility index (Phi) is 6.01. The Morgan fingerprint density at radius 3 is 2.57 bits per heavy atom. The number of benzene rings is 1. The number of nitrogens with one attached hydrogen (secondary N) is 2. The lowest BCUT2D eigenvalue weighted by Crippen LogP contribution is -2.28. The Morgan fingerprint density at radius 1 is 1.18 bits per heavy atom. The van der Waals surface area contributed by atoms with E-state index in [2.05, 4.69) is 31.8 Å². The highest BCUT2D eigenvalue weighted by molar-refractivity contribution is 5.56. The molecule has 0 bridgehead atoms. The molecule has 0 aliphatic carbocycles. The van der Waals surface area contributed by atoms with E-state index in [1.165, 1.54) is 4.68 Å². The van der Waals surface area contributed by atoms with Gasteiger partial charge in [-0.15, -0.1) is 0 Å². The van der Waals surface area contributed by atoms with E-state index in [9.17, 15) is 4.39 Å². The van der Waals surface area contributed by atoms with Crippen LogP contribution in [-0.2, 0) is 6.54 Å². The first-order chi connectivity index (χ1) is 13.4. The Hall–Kier alpha value is -2.84. The van der Waals surface area contributed by atoms with Crippen molar-refractivity contribution in [3.05, 3.63) is 58.8 Å². The summed E-state index contributed by atoms with van der Waals surface area (Å²) in [6.07, 6.45) is 2.87. The number of anilines is 2. The number of hydrogen-bond donors (Lipinski definition) is 3. The molecule has 148 valence electrons. The maximum atomic E-state index is 14.4. The van der Waals surface area contributed by atoms with E-state index in [0.717, 1.165) is 34.3 Å². The van der Waals surface area contributed by atoms with Crippen molar-refractivity contribution in [3.63, 3.8) is 0 Å². The minimum absolute atomic E-state index is 0.0351. The van der Waals surface area contributed by atoms with Crippen molar-refractivity contribution < 1.29 is 9.50 Å². The molecule has 0 fully saturated rings. The van der Waals surface area contributed by atoms with Crippen molar-refractivity contribution in [2.24, 2.45) is 0 Å². The van der Waals surface area contributed by atoms with Crippen LogP contribution in [0.5, 0.6) is 0 Å². The number of halogens is 1. The van der Waals surface area contributed by atoms with Crippen LogP contribution in [0.4, 0.5) is 16.0 Å². The summed E-state index contributed by atoms with van der Waals surface area (Å²) in [7, 11) is 0. The average Bonchev–Trinajstić information content (AvgIpc) is 3.01. The fraction of sp³-hybridized carbons (Fsp3) is 0.350. The lowest BCUT2D eigenvalue weighted by atomic mass is 10.1. The minimum Gasteiger partial charge on any atom is -0.395 e. The summed E-state index contributed by atoms with van der Waals surface area (Å²) in [5.74, 6) is -0.189. The van der Waals surface area contributed by atoms with Gasteiger partial charge in [0.1, 0.15) is 0 Å². The molecular weight excluding hydrogens is 359 g/mol. The second-order valence-corrected chi connectivity index (χ2v) is 7.02. The number of aliphatic hydroxyl groups excluding tert-OH is 1. The summed E-state index contributed by atoms with van der Waals surface area (Å²) in [4.78, 5) is 8.35. The zero-order valence-electron chi connectivity index (χ0n) is 16.5. The molecule has 8 heteroatoms. The van der Waals surface area contributed by atoms with Crippen LogP contribution in [0.15, 0.2) is 30.6 Å². The molecule has 2 aromatic heterocycles. The van der Waals surface area contributed by atoms with Crippen molar-refractivity contribution in [1.82, 2.24) is 25.1 Å². The molecule has 0 amide bonds. The van der Waals surface area contributed by atoms with Gasteiger partial charge in [0.2, 0.25) is 5.95 Å². The Bertz CT molecular complexity index is 951. The Labute approximate surface area is 163 Å². The van der Waals surface area contributed by atoms with Crippen LogP contribution in [0.25, 0.3) is 5.82 Å². The van der Waals surface area contributed by atoms with E-state index in [0.29, 0.717) is 12.5 Å². The van der Waals surface area contributed by atoms with Gasteiger partial charge >= 0.3 is 0 Å². The normalized spacial score (nSPS) is 12.2. The molecule has 28 heavy (non-hydrogen) atoms. The zero-order chi connectivity index (χ0) is 20.3. The SMILES string of the molecule is Cc1cc(C)cc(Nc2ncc(F)c(-n3cc(CN[C@@H](C)CO)c(C)n3)n2)c1. The van der Waals surface area contributed by atoms with Gasteiger partial charge in [-0.2, -0.15) is 10.1 Å². The number of nitrogens with zero attached hydrogens (tertiary/aromatic N) is 4. The standard InChI is InChI=1S/C20H25FN6O/c1-12-5-13(2)7-17(6-12)24-20-23-9-18(21)19(25-20)27-10-16(15(4)26-27)8-22-14(3)11-28/h5-7,9-10,14,22,28H,8,11H2,1-4H3,(H,23,24,25)/t14-/m0/s1. The van der Waals surface area contributed by atoms with E-state index in [1.807, 2.05) is 39.8 Å². The van der Waals surface area contributed by atoms with E-state index in [4.69, 9.17) is 5.11 Å². The third kappa shape index (κ3) is 4.71. The quantitative estimate of drug-likeness (QED) is 0.581. The smallest absolute Gasteiger partial charge is 0.229 e. The molecule has 7 nitrogen and oxygen atoms in total. The number of hydrogen-bond acceptors (Lipinski definition) is 6. The summed E-state index contributed by atoms with van der Waals surface area (Å²) in [6, 6.07) is 5.99. The molecule has 3 N–H and O–H groups in total. The van der Waals surface area contributed by atoms with Crippen molar-refractivity contribution in [3.8, 4) is 5.82 Å². The van der Waals surface area contributed by atoms with Crippen LogP contribution in [0.3, 0.4) is 0 Å². The molecule has 1 atom stereocenters. The summed E-state index contributed by atoms with van der Waals surface area (Å²) in [5.41, 5.74) is 4.74. The highest BCUT2D eigenvalue weighted by Crippen LogP contribution is 2.19. The highest BCUT2D eigenvalue weighted by Gasteiger charge is 2.14. The second kappa shape index (κ2) is 8.45. The molecule has 3 rings (SSSR count). The van der Waals surface area contributed by atoms with E-state index >= 15 is 0 Å². The summed E-state index contributed by atoms with van der Waals surface area (Å²) in [5, 5.41) is 19.8. The molecule has 0 saturated carbocycles. The van der Waals surface area contributed by atoms with Crippen LogP contribution < -0.4 is 10.6 Å². The fourth-order valence-electron chi connectivity index (χ4n) is 2.88. The van der Waals surface area contributed by atoms with E-state index in [-0.39, 0.29) is 18.5 Å². The van der Waals surface area contributed by atoms with Gasteiger partial charge in [0.25, 0.3) is 0 Å². The molecule has 2 heterocycles. The topological polar surface area (TPSA) is 87.9 Å². The third-order valence-electron chi connectivity index (χ3n) is 4.34. The second-order valence-electron chi connectivity index (χ2n) is 7.02. The average molecular weight is 384 g/mol. The van der Waals surface area contributed by atoms with Gasteiger partial charge in [0.15, 0.2) is 11.6 Å². The molecule has 3 aromatic rings. The lowest BCUT2D eigenvalue weighted by molar-refractivity contribution is 0.251. The number of aryl methyl sites for hydroxylation is 3. The van der Waals surface area contributed by atoms with Gasteiger partial charge in [0.05, 0.1) is 18.5 Å². The van der Waals surface area contributed by atoms with Gasteiger partial charge in [-0.25, -0.2) is 14.1 Å². The Balaban J connectivity index is 1.85. The van der Waals surface area contributed by atoms with Gasteiger partial charge in [-0.3, -0.25) is 0 Å². The predicted molar refractivity (Wildman–Crippen MR) is 106 cm³/mol. The predicted octanol–water partition coefficient (Wildman–Crippen LogP) is 2.94. The highest BCUT2D eigenvalue weighted by atomic mass is 19.1. The zero-order valence-corrected chi connectivity index (χ0v) is 16.5. The lowest BCUT2D eigenvalue weighted by Gasteiger charge is -2.09. The van der Waals surface area contributed by atoms with Crippen LogP contribution in [-0.4, -0.2) is 37.5 Å². The van der Waals surface area contributed by atoms with Crippen LogP contribution >= 0.6 is 0 Å². The molecule has 0 aliphatic rings. The minimum atomic E-state index is -0.559. The molecule has 0 spiro atoms. The van der Waals surface area contributed by atoms with Crippen LogP contribution in [0, 0.1) is 26.6 Å². The number of aromatic nitrogens is 4. The van der Waals surface area contributed by atoms with Crippen LogP contribution in [0.1, 0.15) is 29.3 Å². The van der Waals surface area contributed by atoms with Gasteiger partial charge in [-0.1, -0.05) is 6.07 Å². The molecule has 1 aromatic carbocycles. The van der Waals surface area contributed by atoms with Gasteiger partial charge in [0, 0.05) is 30.0 Å². The molecule has 0 saturated heterocycles. The first kappa shape index (κ1) is 19.9. The molecule has 0 radical (unpaired) electrons. The van der Waals surface area contributed by atoms with Crippen molar-refractivity contribution in [2.45, 2.75) is 40.3 Å². The largest absolute Gasteiger partial charge is 0.395 e. The van der Waals surface area contributed by atoms with Gasteiger partial charge < -0.3 is 15.7 Å². The maximum Gasteiger partial charge on any atom is 0.229 e. The fourth-order valence-corrected chi connectivity index (χ4v) is 2.88. The Morgan fingerprint density at radius 2 is 1.89 bits per heavy atom. The summed E-state index contributed by atoms with van der Waals surface area (Å²) < 4.78 is 15.8. The first-order valence-electron chi connectivity index (χ1n) is 9.13. The summed E-state index contributed by atoms with van der Waals surface area (Å²) >= 11 is 0. The third-order valence-corrected chi connectivity index (χ3v) is 4.34. The van der Waals surface area contributed by atoms with E-state index < -0.39 is 5.82 Å². The monoisotopic (exact) mass is 384 g/mol. The van der Waals surface area contributed by atoms with Crippen molar-refractivity contribution in [2.75, 3.05) is 11.9 Å². The first-order valence-corrected chi connectivity index (χ1v) is 9.13. The van der Waals surface area contributed by atoms with Crippen molar-refractivity contribution >= 4 is 11.6 Å². The van der Waals surface area contributed by atoms with Crippen LogP contribution in [0.2, 0.25) is 0 Å².